The fraction of sp³-hybridized carbons (Fsp3) is 0.143. The Morgan fingerprint density at radius 1 is 1.17 bits per heavy atom. The summed E-state index contributed by atoms with van der Waals surface area (Å²) >= 11 is 0. The van der Waals surface area contributed by atoms with Gasteiger partial charge in [0.15, 0.2) is 0 Å². The minimum Gasteiger partial charge on any atom is -0.326 e. The van der Waals surface area contributed by atoms with Crippen LogP contribution < -0.4 is 5.73 Å². The molecule has 1 heterocycles. The van der Waals surface area contributed by atoms with Gasteiger partial charge < -0.3 is 5.73 Å². The lowest BCUT2D eigenvalue weighted by atomic mass is 10.1. The minimum atomic E-state index is 0.560. The number of fused-ring (bicyclic) bond motifs is 1. The summed E-state index contributed by atoms with van der Waals surface area (Å²) < 4.78 is 1.85. The number of para-hydroxylation sites is 1. The number of rotatable bonds is 2. The zero-order valence-electron chi connectivity index (χ0n) is 10.2. The largest absolute Gasteiger partial charge is 0.326 e. The van der Waals surface area contributed by atoms with Crippen LogP contribution in [0.5, 0.6) is 0 Å². The van der Waals surface area contributed by atoms with E-state index in [-0.39, 0.29) is 0 Å². The van der Waals surface area contributed by atoms with Crippen LogP contribution in [-0.2, 0) is 6.54 Å². The van der Waals surface area contributed by atoms with E-state index in [1.165, 1.54) is 5.56 Å². The Kier molecular flexibility index (Phi) is 2.57. The molecule has 4 heteroatoms. The van der Waals surface area contributed by atoms with Crippen LogP contribution in [0.25, 0.3) is 16.7 Å². The topological polar surface area (TPSA) is 56.7 Å². The second-order valence-electron chi connectivity index (χ2n) is 4.30. The molecule has 90 valence electrons. The molecule has 3 rings (SSSR count). The van der Waals surface area contributed by atoms with Crippen molar-refractivity contribution in [1.82, 2.24) is 15.0 Å². The predicted octanol–water partition coefficient (Wildman–Crippen LogP) is 2.19. The molecule has 0 aliphatic carbocycles. The number of nitrogens with two attached hydrogens (primary N) is 1. The van der Waals surface area contributed by atoms with Gasteiger partial charge in [0.25, 0.3) is 0 Å². The second-order valence-corrected chi connectivity index (χ2v) is 4.30. The molecule has 0 bridgehead atoms. The van der Waals surface area contributed by atoms with E-state index >= 15 is 0 Å². The first-order valence-corrected chi connectivity index (χ1v) is 5.90. The SMILES string of the molecule is Cc1cc(-n2nnc3ccccc32)ccc1CN. The van der Waals surface area contributed by atoms with Crippen LogP contribution in [0.2, 0.25) is 0 Å². The molecular formula is C14H14N4. The monoisotopic (exact) mass is 238 g/mol. The summed E-state index contributed by atoms with van der Waals surface area (Å²) in [5.74, 6) is 0. The normalized spacial score (nSPS) is 11.0. The molecular weight excluding hydrogens is 224 g/mol. The van der Waals surface area contributed by atoms with Crippen molar-refractivity contribution in [3.63, 3.8) is 0 Å². The fourth-order valence-corrected chi connectivity index (χ4v) is 2.10. The summed E-state index contributed by atoms with van der Waals surface area (Å²) in [6, 6.07) is 14.1. The van der Waals surface area contributed by atoms with E-state index in [1.54, 1.807) is 0 Å². The summed E-state index contributed by atoms with van der Waals surface area (Å²) in [5.41, 5.74) is 10.9. The molecule has 3 aromatic rings. The second kappa shape index (κ2) is 4.23. The Balaban J connectivity index is 2.17. The lowest BCUT2D eigenvalue weighted by molar-refractivity contribution is 0.822. The van der Waals surface area contributed by atoms with Gasteiger partial charge in [-0.3, -0.25) is 0 Å². The number of hydrogen-bond acceptors (Lipinski definition) is 3. The van der Waals surface area contributed by atoms with Crippen molar-refractivity contribution in [3.8, 4) is 5.69 Å². The molecule has 0 saturated carbocycles. The predicted molar refractivity (Wildman–Crippen MR) is 71.5 cm³/mol. The van der Waals surface area contributed by atoms with Crippen LogP contribution >= 0.6 is 0 Å². The van der Waals surface area contributed by atoms with Crippen LogP contribution in [0.3, 0.4) is 0 Å². The van der Waals surface area contributed by atoms with Crippen molar-refractivity contribution in [1.29, 1.82) is 0 Å². The van der Waals surface area contributed by atoms with E-state index in [0.29, 0.717) is 6.54 Å². The van der Waals surface area contributed by atoms with Gasteiger partial charge in [-0.05, 0) is 42.3 Å². The highest BCUT2D eigenvalue weighted by molar-refractivity contribution is 5.75. The smallest absolute Gasteiger partial charge is 0.113 e. The van der Waals surface area contributed by atoms with Crippen molar-refractivity contribution >= 4 is 11.0 Å². The summed E-state index contributed by atoms with van der Waals surface area (Å²) in [4.78, 5) is 0. The third-order valence-electron chi connectivity index (χ3n) is 3.14. The van der Waals surface area contributed by atoms with Crippen molar-refractivity contribution in [2.75, 3.05) is 0 Å². The zero-order valence-corrected chi connectivity index (χ0v) is 10.2. The summed E-state index contributed by atoms with van der Waals surface area (Å²) in [7, 11) is 0. The molecule has 1 aromatic heterocycles. The van der Waals surface area contributed by atoms with Crippen LogP contribution in [0.1, 0.15) is 11.1 Å². The van der Waals surface area contributed by atoms with Gasteiger partial charge in [-0.15, -0.1) is 5.10 Å². The van der Waals surface area contributed by atoms with Gasteiger partial charge in [0.1, 0.15) is 5.52 Å². The van der Waals surface area contributed by atoms with Crippen molar-refractivity contribution in [2.45, 2.75) is 13.5 Å². The zero-order chi connectivity index (χ0) is 12.5. The van der Waals surface area contributed by atoms with Gasteiger partial charge in [0, 0.05) is 6.54 Å². The van der Waals surface area contributed by atoms with Gasteiger partial charge in [0.05, 0.1) is 11.2 Å². The molecule has 0 radical (unpaired) electrons. The average molecular weight is 238 g/mol. The number of benzene rings is 2. The molecule has 0 fully saturated rings. The highest BCUT2D eigenvalue weighted by Crippen LogP contribution is 2.18. The maximum atomic E-state index is 5.68. The lowest BCUT2D eigenvalue weighted by Crippen LogP contribution is -2.02. The van der Waals surface area contributed by atoms with Crippen LogP contribution in [0.15, 0.2) is 42.5 Å². The Labute approximate surface area is 105 Å². The Bertz CT molecular complexity index is 700. The van der Waals surface area contributed by atoms with Crippen LogP contribution in [0, 0.1) is 6.92 Å². The van der Waals surface area contributed by atoms with Crippen molar-refractivity contribution < 1.29 is 0 Å². The van der Waals surface area contributed by atoms with Gasteiger partial charge in [-0.2, -0.15) is 0 Å². The molecule has 0 spiro atoms. The van der Waals surface area contributed by atoms with Gasteiger partial charge in [-0.1, -0.05) is 23.4 Å². The minimum absolute atomic E-state index is 0.560. The van der Waals surface area contributed by atoms with E-state index in [1.807, 2.05) is 41.1 Å². The highest BCUT2D eigenvalue weighted by atomic mass is 15.4. The molecule has 0 atom stereocenters. The third kappa shape index (κ3) is 1.67. The van der Waals surface area contributed by atoms with E-state index in [4.69, 9.17) is 5.73 Å². The van der Waals surface area contributed by atoms with Gasteiger partial charge in [-0.25, -0.2) is 4.68 Å². The van der Waals surface area contributed by atoms with E-state index in [9.17, 15) is 0 Å². The Morgan fingerprint density at radius 3 is 2.78 bits per heavy atom. The van der Waals surface area contributed by atoms with Crippen molar-refractivity contribution in [2.24, 2.45) is 5.73 Å². The summed E-state index contributed by atoms with van der Waals surface area (Å²) in [5, 5.41) is 8.35. The van der Waals surface area contributed by atoms with Gasteiger partial charge >= 0.3 is 0 Å². The first-order valence-electron chi connectivity index (χ1n) is 5.90. The quantitative estimate of drug-likeness (QED) is 0.744. The molecule has 2 aromatic carbocycles. The fourth-order valence-electron chi connectivity index (χ4n) is 2.10. The van der Waals surface area contributed by atoms with E-state index < -0.39 is 0 Å². The first kappa shape index (κ1) is 10.9. The summed E-state index contributed by atoms with van der Waals surface area (Å²) in [6.07, 6.45) is 0. The summed E-state index contributed by atoms with van der Waals surface area (Å²) in [6.45, 7) is 2.62. The maximum Gasteiger partial charge on any atom is 0.113 e. The number of hydrogen-bond donors (Lipinski definition) is 1. The molecule has 0 saturated heterocycles. The highest BCUT2D eigenvalue weighted by Gasteiger charge is 2.06. The number of aromatic nitrogens is 3. The maximum absolute atomic E-state index is 5.68. The van der Waals surface area contributed by atoms with Gasteiger partial charge in [0.2, 0.25) is 0 Å². The first-order chi connectivity index (χ1) is 8.79. The molecule has 0 unspecified atom stereocenters. The van der Waals surface area contributed by atoms with Crippen LogP contribution in [0.4, 0.5) is 0 Å². The standard InChI is InChI=1S/C14H14N4/c1-10-8-12(7-6-11(10)9-15)18-14-5-3-2-4-13(14)16-17-18/h2-8H,9,15H2,1H3. The number of aryl methyl sites for hydroxylation is 1. The third-order valence-corrected chi connectivity index (χ3v) is 3.14. The van der Waals surface area contributed by atoms with E-state index in [0.717, 1.165) is 22.3 Å². The molecule has 0 aliphatic rings. The molecule has 4 nitrogen and oxygen atoms in total. The van der Waals surface area contributed by atoms with Crippen LogP contribution in [-0.4, -0.2) is 15.0 Å². The van der Waals surface area contributed by atoms with E-state index in [2.05, 4.69) is 23.3 Å². The lowest BCUT2D eigenvalue weighted by Gasteiger charge is -2.07. The molecule has 2 N–H and O–H groups in total. The Hall–Kier alpha value is -2.20. The molecule has 0 amide bonds. The average Bonchev–Trinajstić information content (AvgIpc) is 2.82. The molecule has 18 heavy (non-hydrogen) atoms. The number of nitrogens with zero attached hydrogens (tertiary/aromatic N) is 3. The Morgan fingerprint density at radius 2 is 2.00 bits per heavy atom. The molecule has 0 aliphatic heterocycles. The van der Waals surface area contributed by atoms with Crippen molar-refractivity contribution in [3.05, 3.63) is 53.6 Å².